The summed E-state index contributed by atoms with van der Waals surface area (Å²) in [6, 6.07) is -1.51. The fourth-order valence-corrected chi connectivity index (χ4v) is 1.61. The number of carbonyl (C=O) groups excluding carboxylic acids is 2. The summed E-state index contributed by atoms with van der Waals surface area (Å²) in [5, 5.41) is 1.56. The number of rotatable bonds is 4. The van der Waals surface area contributed by atoms with Crippen LogP contribution in [0.15, 0.2) is 9.98 Å². The molecule has 3 N–H and O–H groups in total. The van der Waals surface area contributed by atoms with Gasteiger partial charge in [0.2, 0.25) is 5.96 Å². The van der Waals surface area contributed by atoms with Gasteiger partial charge in [0.1, 0.15) is 6.04 Å². The second-order valence-electron chi connectivity index (χ2n) is 4.34. The van der Waals surface area contributed by atoms with Gasteiger partial charge >= 0.3 is 18.1 Å². The third-order valence-corrected chi connectivity index (χ3v) is 2.51. The van der Waals surface area contributed by atoms with Gasteiger partial charge < -0.3 is 15.8 Å². The number of hydrogen-bond donors (Lipinski definition) is 2. The number of carbonyl (C=O) groups is 2. The van der Waals surface area contributed by atoms with Crippen molar-refractivity contribution in [1.29, 1.82) is 0 Å². The average molecular weight is 294 g/mol. The van der Waals surface area contributed by atoms with E-state index in [1.165, 1.54) is 13.1 Å². The summed E-state index contributed by atoms with van der Waals surface area (Å²) in [6.45, 7) is 1.51. The summed E-state index contributed by atoms with van der Waals surface area (Å²) in [6.07, 6.45) is -4.07. The third kappa shape index (κ3) is 3.93. The van der Waals surface area contributed by atoms with Crippen molar-refractivity contribution in [2.75, 3.05) is 7.11 Å². The highest BCUT2D eigenvalue weighted by Gasteiger charge is 2.43. The molecule has 2 atom stereocenters. The first-order valence-electron chi connectivity index (χ1n) is 5.43. The molecule has 0 bridgehead atoms. The van der Waals surface area contributed by atoms with Crippen LogP contribution in [-0.2, 0) is 14.3 Å². The quantitative estimate of drug-likeness (QED) is 0.697. The molecule has 7 nitrogen and oxygen atoms in total. The molecule has 0 aromatic rings. The van der Waals surface area contributed by atoms with Crippen molar-refractivity contribution >= 4 is 24.1 Å². The lowest BCUT2D eigenvalue weighted by Crippen LogP contribution is -2.50. The van der Waals surface area contributed by atoms with E-state index in [2.05, 4.69) is 14.7 Å². The van der Waals surface area contributed by atoms with Crippen molar-refractivity contribution in [1.82, 2.24) is 5.32 Å². The smallest absolute Gasteiger partial charge is 0.467 e. The molecule has 2 unspecified atom stereocenters. The largest absolute Gasteiger partial charge is 0.471 e. The summed E-state index contributed by atoms with van der Waals surface area (Å²) in [7, 11) is 0.998. The van der Waals surface area contributed by atoms with Crippen LogP contribution in [0.5, 0.6) is 0 Å². The van der Waals surface area contributed by atoms with Crippen LogP contribution in [-0.4, -0.2) is 48.9 Å². The molecule has 0 saturated carbocycles. The van der Waals surface area contributed by atoms with Gasteiger partial charge in [-0.2, -0.15) is 13.2 Å². The molecule has 10 heteroatoms. The lowest BCUT2D eigenvalue weighted by Gasteiger charge is -2.24. The number of nitrogens with one attached hydrogen (secondary N) is 1. The van der Waals surface area contributed by atoms with E-state index in [4.69, 9.17) is 5.73 Å². The highest BCUT2D eigenvalue weighted by Crippen LogP contribution is 2.21. The van der Waals surface area contributed by atoms with Crippen LogP contribution >= 0.6 is 0 Å². The Labute approximate surface area is 112 Å². The topological polar surface area (TPSA) is 106 Å². The fraction of sp³-hybridized carbons (Fsp3) is 0.600. The molecule has 20 heavy (non-hydrogen) atoms. The van der Waals surface area contributed by atoms with Crippen LogP contribution in [0.3, 0.4) is 0 Å². The van der Waals surface area contributed by atoms with E-state index in [9.17, 15) is 22.8 Å². The van der Waals surface area contributed by atoms with Gasteiger partial charge in [-0.15, -0.1) is 0 Å². The van der Waals surface area contributed by atoms with Crippen molar-refractivity contribution in [2.45, 2.75) is 31.1 Å². The van der Waals surface area contributed by atoms with E-state index < -0.39 is 29.6 Å². The molecule has 0 radical (unpaired) electrons. The van der Waals surface area contributed by atoms with Crippen LogP contribution in [0.25, 0.3) is 0 Å². The fourth-order valence-electron chi connectivity index (χ4n) is 1.61. The zero-order valence-corrected chi connectivity index (χ0v) is 10.7. The number of methoxy groups -OCH3 is 1. The molecular formula is C10H13F3N4O3. The van der Waals surface area contributed by atoms with Crippen molar-refractivity contribution < 1.29 is 27.5 Å². The Bertz CT molecular complexity index is 475. The van der Waals surface area contributed by atoms with E-state index in [0.29, 0.717) is 0 Å². The molecule has 112 valence electrons. The molecule has 1 aliphatic heterocycles. The molecule has 0 saturated heterocycles. The van der Waals surface area contributed by atoms with E-state index >= 15 is 0 Å². The Morgan fingerprint density at radius 2 is 2.15 bits per heavy atom. The minimum absolute atomic E-state index is 0.0572. The van der Waals surface area contributed by atoms with Gasteiger partial charge in [0.15, 0.2) is 0 Å². The van der Waals surface area contributed by atoms with Crippen molar-refractivity contribution in [2.24, 2.45) is 15.7 Å². The predicted molar refractivity (Wildman–Crippen MR) is 63.1 cm³/mol. The number of ether oxygens (including phenoxy) is 1. The van der Waals surface area contributed by atoms with Gasteiger partial charge in [-0.05, 0) is 6.92 Å². The summed E-state index contributed by atoms with van der Waals surface area (Å²) in [4.78, 5) is 29.9. The normalized spacial score (nSPS) is 23.1. The van der Waals surface area contributed by atoms with Crippen LogP contribution in [0.2, 0.25) is 0 Å². The zero-order chi connectivity index (χ0) is 15.6. The molecule has 0 aromatic heterocycles. The number of halogens is 3. The molecule has 1 amide bonds. The van der Waals surface area contributed by atoms with Gasteiger partial charge in [-0.1, -0.05) is 0 Å². The van der Waals surface area contributed by atoms with Crippen molar-refractivity contribution in [3.05, 3.63) is 0 Å². The molecule has 0 fully saturated rings. The molecule has 1 rings (SSSR count). The Morgan fingerprint density at radius 3 is 2.55 bits per heavy atom. The van der Waals surface area contributed by atoms with Crippen molar-refractivity contribution in [3.8, 4) is 0 Å². The van der Waals surface area contributed by atoms with Crippen LogP contribution < -0.4 is 11.1 Å². The lowest BCUT2D eigenvalue weighted by atomic mass is 9.95. The molecular weight excluding hydrogens is 281 g/mol. The Morgan fingerprint density at radius 1 is 1.55 bits per heavy atom. The number of aliphatic imine (C=N–C) groups is 2. The monoisotopic (exact) mass is 294 g/mol. The van der Waals surface area contributed by atoms with Gasteiger partial charge in [-0.25, -0.2) is 14.8 Å². The molecule has 0 spiro atoms. The first-order chi connectivity index (χ1) is 9.07. The van der Waals surface area contributed by atoms with Gasteiger partial charge in [0.05, 0.1) is 12.6 Å². The van der Waals surface area contributed by atoms with Crippen LogP contribution in [0, 0.1) is 0 Å². The van der Waals surface area contributed by atoms with Gasteiger partial charge in [0.25, 0.3) is 0 Å². The average Bonchev–Trinajstić information content (AvgIpc) is 2.66. The first kappa shape index (κ1) is 15.9. The maximum atomic E-state index is 12.2. The van der Waals surface area contributed by atoms with Crippen LogP contribution in [0.4, 0.5) is 13.2 Å². The van der Waals surface area contributed by atoms with Crippen LogP contribution in [0.1, 0.15) is 13.3 Å². The highest BCUT2D eigenvalue weighted by atomic mass is 19.4. The summed E-state index contributed by atoms with van der Waals surface area (Å²) < 4.78 is 41.0. The second kappa shape index (κ2) is 5.47. The highest BCUT2D eigenvalue weighted by molar-refractivity contribution is 5.96. The van der Waals surface area contributed by atoms with E-state index in [1.807, 2.05) is 0 Å². The zero-order valence-electron chi connectivity index (χ0n) is 10.7. The van der Waals surface area contributed by atoms with Gasteiger partial charge in [-0.3, -0.25) is 4.79 Å². The number of hydrogen-bond acceptors (Lipinski definition) is 6. The first-order valence-corrected chi connectivity index (χ1v) is 5.43. The third-order valence-electron chi connectivity index (χ3n) is 2.51. The molecule has 1 aliphatic rings. The molecule has 0 aromatic carbocycles. The van der Waals surface area contributed by atoms with Gasteiger partial charge in [0, 0.05) is 12.6 Å². The number of guanidine groups is 1. The standard InChI is InChI=1S/C10H13F3N4O3/c1-9(4-15-8(14)17-9)3-5(6(18)20-2)16-7(19)10(11,12)13/h4-5H,3H2,1-2H3,(H2,14,17)(H,16,19). The second-order valence-corrected chi connectivity index (χ2v) is 4.34. The lowest BCUT2D eigenvalue weighted by molar-refractivity contribution is -0.175. The molecule has 0 aliphatic carbocycles. The van der Waals surface area contributed by atoms with E-state index in [1.54, 1.807) is 5.32 Å². The maximum Gasteiger partial charge on any atom is 0.471 e. The number of amides is 1. The molecule has 1 heterocycles. The number of nitrogens with zero attached hydrogens (tertiary/aromatic N) is 2. The summed E-state index contributed by atoms with van der Waals surface area (Å²) >= 11 is 0. The maximum absolute atomic E-state index is 12.2. The number of alkyl halides is 3. The Balaban J connectivity index is 2.84. The minimum atomic E-state index is -5.10. The number of esters is 1. The SMILES string of the molecule is COC(=O)C(CC1(C)C=NC(N)=N1)NC(=O)C(F)(F)F. The predicted octanol–water partition coefficient (Wildman–Crippen LogP) is -0.246. The van der Waals surface area contributed by atoms with E-state index in [0.717, 1.165) is 7.11 Å². The van der Waals surface area contributed by atoms with Crippen molar-refractivity contribution in [3.63, 3.8) is 0 Å². The minimum Gasteiger partial charge on any atom is -0.467 e. The Hall–Kier alpha value is -2.13. The van der Waals surface area contributed by atoms with E-state index in [-0.39, 0.29) is 12.4 Å². The Kier molecular flexibility index (Phi) is 4.36. The number of nitrogens with two attached hydrogens (primary N) is 1. The summed E-state index contributed by atoms with van der Waals surface area (Å²) in [5.74, 6) is -3.31. The summed E-state index contributed by atoms with van der Waals surface area (Å²) in [5.41, 5.74) is 4.25.